The standard InChI is InChI=1S/C16H16FNO2/c1-10(11-2-4-12(17)5-3-11)18-15-9-20-16-8-13(19)6-7-14(15)16/h2-8,10,15,18-19H,9H2,1H3/t10-,15?/m0/s1. The average Bonchev–Trinajstić information content (AvgIpc) is 2.81. The highest BCUT2D eigenvalue weighted by molar-refractivity contribution is 5.44. The lowest BCUT2D eigenvalue weighted by molar-refractivity contribution is 0.300. The summed E-state index contributed by atoms with van der Waals surface area (Å²) in [6.45, 7) is 2.57. The van der Waals surface area contributed by atoms with E-state index in [0.29, 0.717) is 12.4 Å². The first-order chi connectivity index (χ1) is 9.63. The van der Waals surface area contributed by atoms with Crippen molar-refractivity contribution < 1.29 is 14.2 Å². The Kier molecular flexibility index (Phi) is 3.32. The third-order valence-corrected chi connectivity index (χ3v) is 3.60. The highest BCUT2D eigenvalue weighted by atomic mass is 19.1. The van der Waals surface area contributed by atoms with E-state index in [1.165, 1.54) is 12.1 Å². The number of ether oxygens (including phenoxy) is 1. The minimum Gasteiger partial charge on any atom is -0.508 e. The fraction of sp³-hybridized carbons (Fsp3) is 0.250. The van der Waals surface area contributed by atoms with E-state index in [1.807, 2.05) is 13.0 Å². The van der Waals surface area contributed by atoms with Gasteiger partial charge in [-0.3, -0.25) is 0 Å². The number of phenols is 1. The molecule has 0 fully saturated rings. The normalized spacial score (nSPS) is 18.4. The first-order valence-corrected chi connectivity index (χ1v) is 6.61. The topological polar surface area (TPSA) is 41.5 Å². The number of hydrogen-bond donors (Lipinski definition) is 2. The molecule has 3 nitrogen and oxygen atoms in total. The number of rotatable bonds is 3. The van der Waals surface area contributed by atoms with Crippen LogP contribution in [0.15, 0.2) is 42.5 Å². The summed E-state index contributed by atoms with van der Waals surface area (Å²) in [6, 6.07) is 11.8. The van der Waals surface area contributed by atoms with Crippen LogP contribution in [0.3, 0.4) is 0 Å². The molecule has 1 unspecified atom stereocenters. The predicted molar refractivity (Wildman–Crippen MR) is 74.3 cm³/mol. The second-order valence-corrected chi connectivity index (χ2v) is 5.03. The van der Waals surface area contributed by atoms with Crippen LogP contribution in [0.1, 0.15) is 30.1 Å². The first kappa shape index (κ1) is 12.9. The van der Waals surface area contributed by atoms with Gasteiger partial charge in [-0.2, -0.15) is 0 Å². The summed E-state index contributed by atoms with van der Waals surface area (Å²) in [7, 11) is 0. The van der Waals surface area contributed by atoms with Gasteiger partial charge in [0.2, 0.25) is 0 Å². The van der Waals surface area contributed by atoms with Gasteiger partial charge in [0.15, 0.2) is 0 Å². The lowest BCUT2D eigenvalue weighted by atomic mass is 10.0. The lowest BCUT2D eigenvalue weighted by Gasteiger charge is -2.19. The molecule has 0 bridgehead atoms. The molecule has 4 heteroatoms. The molecule has 0 saturated heterocycles. The molecule has 2 N–H and O–H groups in total. The molecular weight excluding hydrogens is 257 g/mol. The van der Waals surface area contributed by atoms with Crippen molar-refractivity contribution in [3.8, 4) is 11.5 Å². The Morgan fingerprint density at radius 1 is 1.25 bits per heavy atom. The number of nitrogens with one attached hydrogen (secondary N) is 1. The predicted octanol–water partition coefficient (Wildman–Crippen LogP) is 3.32. The molecule has 2 aromatic rings. The van der Waals surface area contributed by atoms with Gasteiger partial charge in [-0.15, -0.1) is 0 Å². The maximum Gasteiger partial charge on any atom is 0.127 e. The molecular formula is C16H16FNO2. The van der Waals surface area contributed by atoms with Crippen LogP contribution < -0.4 is 10.1 Å². The summed E-state index contributed by atoms with van der Waals surface area (Å²) in [5.74, 6) is 0.691. The van der Waals surface area contributed by atoms with Gasteiger partial charge in [-0.05, 0) is 36.8 Å². The van der Waals surface area contributed by atoms with Crippen LogP contribution in [0.25, 0.3) is 0 Å². The average molecular weight is 273 g/mol. The van der Waals surface area contributed by atoms with Crippen LogP contribution >= 0.6 is 0 Å². The molecule has 2 aromatic carbocycles. The smallest absolute Gasteiger partial charge is 0.127 e. The van der Waals surface area contributed by atoms with E-state index in [9.17, 15) is 9.50 Å². The van der Waals surface area contributed by atoms with Crippen molar-refractivity contribution in [2.75, 3.05) is 6.61 Å². The minimum absolute atomic E-state index is 0.0747. The molecule has 0 aliphatic carbocycles. The molecule has 0 radical (unpaired) electrons. The van der Waals surface area contributed by atoms with Crippen LogP contribution in [0.4, 0.5) is 4.39 Å². The van der Waals surface area contributed by atoms with Crippen molar-refractivity contribution in [3.63, 3.8) is 0 Å². The highest BCUT2D eigenvalue weighted by Crippen LogP contribution is 2.36. The Morgan fingerprint density at radius 2 is 2.00 bits per heavy atom. The fourth-order valence-electron chi connectivity index (χ4n) is 2.49. The summed E-state index contributed by atoms with van der Waals surface area (Å²) in [4.78, 5) is 0. The van der Waals surface area contributed by atoms with Crippen LogP contribution in [0, 0.1) is 5.82 Å². The van der Waals surface area contributed by atoms with Gasteiger partial charge in [-0.25, -0.2) is 4.39 Å². The van der Waals surface area contributed by atoms with Crippen LogP contribution in [0.5, 0.6) is 11.5 Å². The van der Waals surface area contributed by atoms with Crippen molar-refractivity contribution in [1.82, 2.24) is 5.32 Å². The van der Waals surface area contributed by atoms with E-state index in [-0.39, 0.29) is 23.7 Å². The Balaban J connectivity index is 1.75. The van der Waals surface area contributed by atoms with Crippen molar-refractivity contribution in [2.24, 2.45) is 0 Å². The van der Waals surface area contributed by atoms with Gasteiger partial charge in [0.05, 0.1) is 6.04 Å². The Labute approximate surface area is 117 Å². The second-order valence-electron chi connectivity index (χ2n) is 5.03. The zero-order valence-corrected chi connectivity index (χ0v) is 11.1. The van der Waals surface area contributed by atoms with Crippen LogP contribution in [-0.4, -0.2) is 11.7 Å². The van der Waals surface area contributed by atoms with E-state index in [4.69, 9.17) is 4.74 Å². The number of fused-ring (bicyclic) bond motifs is 1. The van der Waals surface area contributed by atoms with E-state index in [0.717, 1.165) is 11.1 Å². The molecule has 1 aliphatic rings. The highest BCUT2D eigenvalue weighted by Gasteiger charge is 2.25. The first-order valence-electron chi connectivity index (χ1n) is 6.61. The summed E-state index contributed by atoms with van der Waals surface area (Å²) in [5, 5.41) is 12.9. The number of halogens is 1. The fourth-order valence-corrected chi connectivity index (χ4v) is 2.49. The maximum absolute atomic E-state index is 12.9. The lowest BCUT2D eigenvalue weighted by Crippen LogP contribution is -2.25. The van der Waals surface area contributed by atoms with Crippen molar-refractivity contribution in [2.45, 2.75) is 19.0 Å². The summed E-state index contributed by atoms with van der Waals surface area (Å²) in [5.41, 5.74) is 2.07. The summed E-state index contributed by atoms with van der Waals surface area (Å²) >= 11 is 0. The molecule has 0 spiro atoms. The Bertz CT molecular complexity index is 612. The van der Waals surface area contributed by atoms with E-state index in [1.54, 1.807) is 24.3 Å². The van der Waals surface area contributed by atoms with E-state index < -0.39 is 0 Å². The molecule has 0 saturated carbocycles. The van der Waals surface area contributed by atoms with Crippen molar-refractivity contribution >= 4 is 0 Å². The molecule has 0 aromatic heterocycles. The Morgan fingerprint density at radius 3 is 2.75 bits per heavy atom. The number of benzene rings is 2. The quantitative estimate of drug-likeness (QED) is 0.901. The second kappa shape index (κ2) is 5.13. The monoisotopic (exact) mass is 273 g/mol. The van der Waals surface area contributed by atoms with Gasteiger partial charge in [-0.1, -0.05) is 12.1 Å². The van der Waals surface area contributed by atoms with Gasteiger partial charge in [0.25, 0.3) is 0 Å². The van der Waals surface area contributed by atoms with Gasteiger partial charge in [0, 0.05) is 17.7 Å². The molecule has 20 heavy (non-hydrogen) atoms. The largest absolute Gasteiger partial charge is 0.508 e. The maximum atomic E-state index is 12.9. The van der Waals surface area contributed by atoms with Crippen molar-refractivity contribution in [1.29, 1.82) is 0 Å². The third kappa shape index (κ3) is 2.47. The van der Waals surface area contributed by atoms with Crippen molar-refractivity contribution in [3.05, 3.63) is 59.4 Å². The van der Waals surface area contributed by atoms with Gasteiger partial charge >= 0.3 is 0 Å². The molecule has 3 rings (SSSR count). The zero-order chi connectivity index (χ0) is 14.1. The minimum atomic E-state index is -0.231. The number of aromatic hydroxyl groups is 1. The zero-order valence-electron chi connectivity index (χ0n) is 11.1. The van der Waals surface area contributed by atoms with Crippen LogP contribution in [0.2, 0.25) is 0 Å². The van der Waals surface area contributed by atoms with E-state index >= 15 is 0 Å². The Hall–Kier alpha value is -2.07. The summed E-state index contributed by atoms with van der Waals surface area (Å²) < 4.78 is 18.5. The van der Waals surface area contributed by atoms with Gasteiger partial charge < -0.3 is 15.2 Å². The third-order valence-electron chi connectivity index (χ3n) is 3.60. The van der Waals surface area contributed by atoms with Crippen LogP contribution in [-0.2, 0) is 0 Å². The molecule has 1 heterocycles. The molecule has 104 valence electrons. The molecule has 2 atom stereocenters. The van der Waals surface area contributed by atoms with Gasteiger partial charge in [0.1, 0.15) is 23.9 Å². The number of hydrogen-bond acceptors (Lipinski definition) is 3. The molecule has 0 amide bonds. The SMILES string of the molecule is C[C@H](NC1COc2cc(O)ccc21)c1ccc(F)cc1. The number of phenolic OH excluding ortho intramolecular Hbond substituents is 1. The van der Waals surface area contributed by atoms with E-state index in [2.05, 4.69) is 5.32 Å². The summed E-state index contributed by atoms with van der Waals surface area (Å²) in [6.07, 6.45) is 0. The molecule has 1 aliphatic heterocycles.